The maximum absolute atomic E-state index is 13.0. The van der Waals surface area contributed by atoms with Crippen molar-refractivity contribution in [2.45, 2.75) is 25.9 Å². The minimum absolute atomic E-state index is 0.0923. The van der Waals surface area contributed by atoms with Crippen molar-refractivity contribution in [3.05, 3.63) is 45.5 Å². The third-order valence-corrected chi connectivity index (χ3v) is 6.60. The Balaban J connectivity index is 2.15. The van der Waals surface area contributed by atoms with Gasteiger partial charge in [0.15, 0.2) is 0 Å². The van der Waals surface area contributed by atoms with Gasteiger partial charge >= 0.3 is 5.97 Å². The largest absolute Gasteiger partial charge is 0.456 e. The summed E-state index contributed by atoms with van der Waals surface area (Å²) in [6.45, 7) is 2.62. The van der Waals surface area contributed by atoms with Gasteiger partial charge in [0, 0.05) is 29.1 Å². The number of ether oxygens (including phenoxy) is 2. The second-order valence-corrected chi connectivity index (χ2v) is 8.86. The first-order valence-corrected chi connectivity index (χ1v) is 10.1. The fraction of sp³-hybridized carbons (Fsp3) is 0.375. The summed E-state index contributed by atoms with van der Waals surface area (Å²) >= 11 is 12.4. The van der Waals surface area contributed by atoms with Gasteiger partial charge in [0.2, 0.25) is 21.4 Å². The first-order chi connectivity index (χ1) is 12.1. The van der Waals surface area contributed by atoms with Crippen molar-refractivity contribution in [3.8, 4) is 0 Å². The van der Waals surface area contributed by atoms with Crippen LogP contribution in [-0.4, -0.2) is 36.8 Å². The van der Waals surface area contributed by atoms with E-state index in [1.54, 1.807) is 6.07 Å². The standard InChI is InChI=1S/C16H15Cl2NO6S/c1-9(20)24-13-14(21)16(2,12-10(17)5-3-6-11(12)18)25-15(13)19-7-4-8-26(19,22)23/h3,5-6H,4,7-8H2,1-2H3. The van der Waals surface area contributed by atoms with Gasteiger partial charge in [-0.15, -0.1) is 0 Å². The summed E-state index contributed by atoms with van der Waals surface area (Å²) in [5.41, 5.74) is -1.56. The number of halogens is 2. The summed E-state index contributed by atoms with van der Waals surface area (Å²) in [6.07, 6.45) is 0.361. The Hall–Kier alpha value is -1.77. The Bertz CT molecular complexity index is 922. The molecule has 1 aromatic rings. The molecule has 0 spiro atoms. The molecule has 2 heterocycles. The molecule has 1 unspecified atom stereocenters. The van der Waals surface area contributed by atoms with Crippen LogP contribution in [0.2, 0.25) is 10.0 Å². The second-order valence-electron chi connectivity index (χ2n) is 6.03. The first kappa shape index (κ1) is 19.0. The number of carbonyl (C=O) groups excluding carboxylic acids is 2. The molecule has 10 heteroatoms. The van der Waals surface area contributed by atoms with Gasteiger partial charge in [0.05, 0.1) is 5.75 Å². The predicted molar refractivity (Wildman–Crippen MR) is 93.8 cm³/mol. The molecule has 0 radical (unpaired) electrons. The second kappa shape index (κ2) is 6.44. The van der Waals surface area contributed by atoms with Gasteiger partial charge in [-0.2, -0.15) is 0 Å². The quantitative estimate of drug-likeness (QED) is 0.699. The van der Waals surface area contributed by atoms with Crippen LogP contribution in [0, 0.1) is 0 Å². The molecule has 1 fully saturated rings. The highest BCUT2D eigenvalue weighted by molar-refractivity contribution is 7.89. The normalized spacial score (nSPS) is 24.8. The minimum Gasteiger partial charge on any atom is -0.456 e. The van der Waals surface area contributed by atoms with Crippen molar-refractivity contribution >= 4 is 45.0 Å². The van der Waals surface area contributed by atoms with Gasteiger partial charge in [-0.1, -0.05) is 29.3 Å². The van der Waals surface area contributed by atoms with Gasteiger partial charge in [-0.05, 0) is 25.5 Å². The molecule has 2 aliphatic heterocycles. The monoisotopic (exact) mass is 419 g/mol. The van der Waals surface area contributed by atoms with Gasteiger partial charge < -0.3 is 9.47 Å². The van der Waals surface area contributed by atoms with Crippen LogP contribution in [-0.2, 0) is 34.7 Å². The zero-order chi connectivity index (χ0) is 19.3. The van der Waals surface area contributed by atoms with Crippen molar-refractivity contribution in [2.24, 2.45) is 0 Å². The molecule has 0 N–H and O–H groups in total. The van der Waals surface area contributed by atoms with Crippen LogP contribution in [0.4, 0.5) is 0 Å². The Kier molecular flexibility index (Phi) is 4.71. The number of sulfonamides is 1. The number of carbonyl (C=O) groups is 2. The maximum Gasteiger partial charge on any atom is 0.308 e. The zero-order valence-corrected chi connectivity index (χ0v) is 16.2. The lowest BCUT2D eigenvalue weighted by Crippen LogP contribution is -2.33. The Morgan fingerprint density at radius 2 is 1.92 bits per heavy atom. The van der Waals surface area contributed by atoms with E-state index in [0.717, 1.165) is 11.2 Å². The molecule has 0 aromatic heterocycles. The molecular weight excluding hydrogens is 405 g/mol. The highest BCUT2D eigenvalue weighted by Gasteiger charge is 2.54. The molecule has 2 aliphatic rings. The SMILES string of the molecule is CC(=O)OC1=C(N2CCCS2(=O)=O)OC(C)(c2c(Cl)cccc2Cl)C1=O. The lowest BCUT2D eigenvalue weighted by atomic mass is 9.91. The summed E-state index contributed by atoms with van der Waals surface area (Å²) in [7, 11) is -3.67. The molecule has 26 heavy (non-hydrogen) atoms. The van der Waals surface area contributed by atoms with Crippen LogP contribution in [0.15, 0.2) is 29.8 Å². The number of Topliss-reactive ketones (excluding diaryl/α,β-unsaturated/α-hetero) is 1. The summed E-state index contributed by atoms with van der Waals surface area (Å²) in [4.78, 5) is 24.5. The molecular formula is C16H15Cl2NO6S. The van der Waals surface area contributed by atoms with Crippen LogP contribution in [0.5, 0.6) is 0 Å². The molecule has 1 saturated heterocycles. The Labute approximate surface area is 160 Å². The van der Waals surface area contributed by atoms with Gasteiger partial charge in [0.25, 0.3) is 11.7 Å². The number of nitrogens with zero attached hydrogens (tertiary/aromatic N) is 1. The number of ketones is 1. The lowest BCUT2D eigenvalue weighted by molar-refractivity contribution is -0.142. The topological polar surface area (TPSA) is 90.0 Å². The Morgan fingerprint density at radius 1 is 1.31 bits per heavy atom. The van der Waals surface area contributed by atoms with Crippen LogP contribution < -0.4 is 0 Å². The van der Waals surface area contributed by atoms with E-state index in [-0.39, 0.29) is 33.8 Å². The molecule has 0 aliphatic carbocycles. The number of hydrogen-bond acceptors (Lipinski definition) is 6. The van der Waals surface area contributed by atoms with E-state index in [1.165, 1.54) is 19.1 Å². The minimum atomic E-state index is -3.67. The van der Waals surface area contributed by atoms with E-state index in [1.807, 2.05) is 0 Å². The third-order valence-electron chi connectivity index (χ3n) is 4.15. The maximum atomic E-state index is 13.0. The molecule has 140 valence electrons. The van der Waals surface area contributed by atoms with Crippen molar-refractivity contribution in [1.29, 1.82) is 0 Å². The number of rotatable bonds is 3. The van der Waals surface area contributed by atoms with Crippen LogP contribution >= 0.6 is 23.2 Å². The Morgan fingerprint density at radius 3 is 2.42 bits per heavy atom. The van der Waals surface area contributed by atoms with E-state index in [4.69, 9.17) is 32.7 Å². The van der Waals surface area contributed by atoms with E-state index in [9.17, 15) is 18.0 Å². The fourth-order valence-corrected chi connectivity index (χ4v) is 5.24. The molecule has 3 rings (SSSR count). The zero-order valence-electron chi connectivity index (χ0n) is 13.9. The average Bonchev–Trinajstić information content (AvgIpc) is 2.99. The smallest absolute Gasteiger partial charge is 0.308 e. The van der Waals surface area contributed by atoms with Crippen LogP contribution in [0.1, 0.15) is 25.8 Å². The lowest BCUT2D eigenvalue weighted by Gasteiger charge is -2.27. The van der Waals surface area contributed by atoms with Gasteiger partial charge in [-0.25, -0.2) is 12.7 Å². The number of hydrogen-bond donors (Lipinski definition) is 0. The van der Waals surface area contributed by atoms with Crippen molar-refractivity contribution in [1.82, 2.24) is 4.31 Å². The summed E-state index contributed by atoms with van der Waals surface area (Å²) in [5, 5.41) is 0.335. The highest BCUT2D eigenvalue weighted by atomic mass is 35.5. The average molecular weight is 420 g/mol. The third kappa shape index (κ3) is 2.95. The predicted octanol–water partition coefficient (Wildman–Crippen LogP) is 2.58. The van der Waals surface area contributed by atoms with E-state index in [2.05, 4.69) is 0 Å². The molecule has 7 nitrogen and oxygen atoms in total. The van der Waals surface area contributed by atoms with Crippen molar-refractivity contribution < 1.29 is 27.5 Å². The van der Waals surface area contributed by atoms with E-state index in [0.29, 0.717) is 6.42 Å². The molecule has 1 atom stereocenters. The fourth-order valence-electron chi connectivity index (χ4n) is 2.98. The summed E-state index contributed by atoms with van der Waals surface area (Å²) < 4.78 is 36.3. The molecule has 0 saturated carbocycles. The summed E-state index contributed by atoms with van der Waals surface area (Å²) in [5.74, 6) is -2.40. The highest BCUT2D eigenvalue weighted by Crippen LogP contribution is 2.46. The number of esters is 1. The molecule has 0 bridgehead atoms. The van der Waals surface area contributed by atoms with Crippen LogP contribution in [0.3, 0.4) is 0 Å². The summed E-state index contributed by atoms with van der Waals surface area (Å²) in [6, 6.07) is 4.66. The van der Waals surface area contributed by atoms with Crippen molar-refractivity contribution in [2.75, 3.05) is 12.3 Å². The van der Waals surface area contributed by atoms with E-state index >= 15 is 0 Å². The van der Waals surface area contributed by atoms with Crippen LogP contribution in [0.25, 0.3) is 0 Å². The van der Waals surface area contributed by atoms with E-state index < -0.39 is 33.1 Å². The van der Waals surface area contributed by atoms with Gasteiger partial charge in [-0.3, -0.25) is 9.59 Å². The van der Waals surface area contributed by atoms with Crippen molar-refractivity contribution in [3.63, 3.8) is 0 Å². The van der Waals surface area contributed by atoms with Gasteiger partial charge in [0.1, 0.15) is 0 Å². The molecule has 1 aromatic carbocycles. The first-order valence-electron chi connectivity index (χ1n) is 7.69. The molecule has 0 amide bonds. The number of benzene rings is 1.